The van der Waals surface area contributed by atoms with Gasteiger partial charge in [0.2, 0.25) is 0 Å². The zero-order valence-corrected chi connectivity index (χ0v) is 10.1. The highest BCUT2D eigenvalue weighted by Gasteiger charge is 2.10. The number of anilines is 1. The van der Waals surface area contributed by atoms with Gasteiger partial charge in [-0.05, 0) is 35.8 Å². The molecule has 0 aromatic carbocycles. The lowest BCUT2D eigenvalue weighted by molar-refractivity contribution is 0.829. The highest BCUT2D eigenvalue weighted by Crippen LogP contribution is 2.23. The molecule has 2 aromatic rings. The zero-order chi connectivity index (χ0) is 11.0. The second kappa shape index (κ2) is 3.66. The fourth-order valence-electron chi connectivity index (χ4n) is 1.44. The first-order chi connectivity index (χ1) is 7.09. The van der Waals surface area contributed by atoms with Crippen molar-refractivity contribution < 1.29 is 0 Å². The number of rotatable bonds is 1. The van der Waals surface area contributed by atoms with Crippen molar-refractivity contribution in [3.05, 3.63) is 34.3 Å². The van der Waals surface area contributed by atoms with Gasteiger partial charge < -0.3 is 5.73 Å². The van der Waals surface area contributed by atoms with Crippen molar-refractivity contribution in [1.82, 2.24) is 14.8 Å². The van der Waals surface area contributed by atoms with E-state index >= 15 is 0 Å². The largest absolute Gasteiger partial charge is 0.397 e. The standard InChI is InChI=1S/C10H11BrN4/c1-6-10(11)7(2)15(14-6)9-3-8(12)4-13-5-9/h3-5H,12H2,1-2H3. The average Bonchev–Trinajstić information content (AvgIpc) is 2.46. The van der Waals surface area contributed by atoms with Gasteiger partial charge in [0, 0.05) is 6.20 Å². The normalized spacial score (nSPS) is 10.6. The Morgan fingerprint density at radius 1 is 1.33 bits per heavy atom. The van der Waals surface area contributed by atoms with Crippen molar-refractivity contribution >= 4 is 21.6 Å². The number of nitrogens with zero attached hydrogens (tertiary/aromatic N) is 3. The van der Waals surface area contributed by atoms with E-state index in [0.29, 0.717) is 5.69 Å². The van der Waals surface area contributed by atoms with E-state index in [-0.39, 0.29) is 0 Å². The quantitative estimate of drug-likeness (QED) is 0.861. The number of pyridine rings is 1. The fraction of sp³-hybridized carbons (Fsp3) is 0.200. The van der Waals surface area contributed by atoms with E-state index in [0.717, 1.165) is 21.5 Å². The second-order valence-electron chi connectivity index (χ2n) is 3.37. The smallest absolute Gasteiger partial charge is 0.0852 e. The highest BCUT2D eigenvalue weighted by atomic mass is 79.9. The Morgan fingerprint density at radius 2 is 2.07 bits per heavy atom. The van der Waals surface area contributed by atoms with Crippen molar-refractivity contribution in [2.45, 2.75) is 13.8 Å². The van der Waals surface area contributed by atoms with E-state index in [1.165, 1.54) is 0 Å². The van der Waals surface area contributed by atoms with E-state index in [1.807, 2.05) is 24.6 Å². The van der Waals surface area contributed by atoms with Gasteiger partial charge in [-0.2, -0.15) is 5.10 Å². The van der Waals surface area contributed by atoms with Gasteiger partial charge in [0.25, 0.3) is 0 Å². The third-order valence-electron chi connectivity index (χ3n) is 2.19. The lowest BCUT2D eigenvalue weighted by atomic mass is 10.3. The minimum atomic E-state index is 0.635. The third kappa shape index (κ3) is 1.74. The van der Waals surface area contributed by atoms with Crippen molar-refractivity contribution in [2.75, 3.05) is 5.73 Å². The molecule has 0 atom stereocenters. The van der Waals surface area contributed by atoms with Crippen LogP contribution in [0.5, 0.6) is 0 Å². The fourth-order valence-corrected chi connectivity index (χ4v) is 1.68. The van der Waals surface area contributed by atoms with Gasteiger partial charge in [0.1, 0.15) is 0 Å². The monoisotopic (exact) mass is 266 g/mol. The molecule has 5 heteroatoms. The van der Waals surface area contributed by atoms with E-state index < -0.39 is 0 Å². The number of aryl methyl sites for hydroxylation is 1. The predicted molar refractivity (Wildman–Crippen MR) is 62.9 cm³/mol. The van der Waals surface area contributed by atoms with Gasteiger partial charge in [-0.25, -0.2) is 4.68 Å². The number of aromatic nitrogens is 3. The molecule has 4 nitrogen and oxygen atoms in total. The lowest BCUT2D eigenvalue weighted by Gasteiger charge is -2.04. The summed E-state index contributed by atoms with van der Waals surface area (Å²) in [5, 5.41) is 4.40. The molecule has 0 aliphatic carbocycles. The van der Waals surface area contributed by atoms with Crippen LogP contribution in [0.1, 0.15) is 11.4 Å². The van der Waals surface area contributed by atoms with E-state index in [4.69, 9.17) is 5.73 Å². The summed E-state index contributed by atoms with van der Waals surface area (Å²) in [7, 11) is 0. The van der Waals surface area contributed by atoms with Crippen LogP contribution < -0.4 is 5.73 Å². The Morgan fingerprint density at radius 3 is 2.60 bits per heavy atom. The number of nitrogens with two attached hydrogens (primary N) is 1. The van der Waals surface area contributed by atoms with Gasteiger partial charge in [-0.1, -0.05) is 0 Å². The van der Waals surface area contributed by atoms with Crippen LogP contribution in [-0.2, 0) is 0 Å². The molecule has 2 rings (SSSR count). The first-order valence-electron chi connectivity index (χ1n) is 4.52. The van der Waals surface area contributed by atoms with Crippen LogP contribution in [0, 0.1) is 13.8 Å². The van der Waals surface area contributed by atoms with E-state index in [9.17, 15) is 0 Å². The van der Waals surface area contributed by atoms with Crippen LogP contribution >= 0.6 is 15.9 Å². The van der Waals surface area contributed by atoms with Crippen LogP contribution in [-0.4, -0.2) is 14.8 Å². The van der Waals surface area contributed by atoms with Crippen molar-refractivity contribution in [3.63, 3.8) is 0 Å². The summed E-state index contributed by atoms with van der Waals surface area (Å²) in [6.45, 7) is 3.95. The first-order valence-corrected chi connectivity index (χ1v) is 5.31. The summed E-state index contributed by atoms with van der Waals surface area (Å²) < 4.78 is 2.84. The van der Waals surface area contributed by atoms with Gasteiger partial charge in [-0.15, -0.1) is 0 Å². The summed E-state index contributed by atoms with van der Waals surface area (Å²) >= 11 is 3.48. The number of halogens is 1. The molecule has 0 aliphatic rings. The molecule has 0 bridgehead atoms. The highest BCUT2D eigenvalue weighted by molar-refractivity contribution is 9.10. The van der Waals surface area contributed by atoms with Gasteiger partial charge >= 0.3 is 0 Å². The topological polar surface area (TPSA) is 56.7 Å². The minimum absolute atomic E-state index is 0.635. The van der Waals surface area contributed by atoms with Crippen molar-refractivity contribution in [3.8, 4) is 5.69 Å². The summed E-state index contributed by atoms with van der Waals surface area (Å²) in [6, 6.07) is 1.85. The Bertz CT molecular complexity index is 504. The summed E-state index contributed by atoms with van der Waals surface area (Å²) in [5.74, 6) is 0. The molecule has 0 saturated carbocycles. The molecule has 0 radical (unpaired) electrons. The van der Waals surface area contributed by atoms with Crippen LogP contribution in [0.4, 0.5) is 5.69 Å². The maximum absolute atomic E-state index is 5.68. The van der Waals surface area contributed by atoms with Crippen LogP contribution in [0.15, 0.2) is 22.9 Å². The predicted octanol–water partition coefficient (Wildman–Crippen LogP) is 2.23. The Balaban J connectivity index is 2.59. The molecule has 0 spiro atoms. The lowest BCUT2D eigenvalue weighted by Crippen LogP contribution is -2.00. The molecule has 15 heavy (non-hydrogen) atoms. The van der Waals surface area contributed by atoms with Crippen LogP contribution in [0.25, 0.3) is 5.69 Å². The summed E-state index contributed by atoms with van der Waals surface area (Å²) in [6.07, 6.45) is 3.35. The molecular weight excluding hydrogens is 256 g/mol. The maximum atomic E-state index is 5.68. The number of hydrogen-bond donors (Lipinski definition) is 1. The molecule has 2 N–H and O–H groups in total. The van der Waals surface area contributed by atoms with E-state index in [1.54, 1.807) is 12.4 Å². The Hall–Kier alpha value is -1.36. The SMILES string of the molecule is Cc1nn(-c2cncc(N)c2)c(C)c1Br. The van der Waals surface area contributed by atoms with Gasteiger partial charge in [0.15, 0.2) is 0 Å². The summed E-state index contributed by atoms with van der Waals surface area (Å²) in [5.41, 5.74) is 9.18. The Kier molecular flexibility index (Phi) is 2.48. The van der Waals surface area contributed by atoms with Gasteiger partial charge in [0.05, 0.1) is 33.4 Å². The summed E-state index contributed by atoms with van der Waals surface area (Å²) in [4.78, 5) is 4.04. The van der Waals surface area contributed by atoms with E-state index in [2.05, 4.69) is 26.0 Å². The van der Waals surface area contributed by atoms with Crippen molar-refractivity contribution in [1.29, 1.82) is 0 Å². The van der Waals surface area contributed by atoms with Gasteiger partial charge in [-0.3, -0.25) is 4.98 Å². The maximum Gasteiger partial charge on any atom is 0.0852 e. The molecule has 0 amide bonds. The molecule has 2 aromatic heterocycles. The minimum Gasteiger partial charge on any atom is -0.397 e. The third-order valence-corrected chi connectivity index (χ3v) is 3.34. The number of nitrogen functional groups attached to an aromatic ring is 1. The molecule has 0 fully saturated rings. The van der Waals surface area contributed by atoms with Crippen LogP contribution in [0.3, 0.4) is 0 Å². The molecular formula is C10H11BrN4. The molecule has 2 heterocycles. The molecule has 0 saturated heterocycles. The molecule has 78 valence electrons. The molecule has 0 unspecified atom stereocenters. The van der Waals surface area contributed by atoms with Crippen LogP contribution in [0.2, 0.25) is 0 Å². The first kappa shape index (κ1) is 10.2. The average molecular weight is 267 g/mol. The Labute approximate surface area is 96.3 Å². The second-order valence-corrected chi connectivity index (χ2v) is 4.17. The number of hydrogen-bond acceptors (Lipinski definition) is 3. The van der Waals surface area contributed by atoms with Crippen molar-refractivity contribution in [2.24, 2.45) is 0 Å². The zero-order valence-electron chi connectivity index (χ0n) is 8.53. The molecule has 0 aliphatic heterocycles.